The Kier molecular flexibility index (Phi) is 4.58. The first-order valence-corrected chi connectivity index (χ1v) is 11.6. The van der Waals surface area contributed by atoms with Gasteiger partial charge in [-0.2, -0.15) is 0 Å². The summed E-state index contributed by atoms with van der Waals surface area (Å²) >= 11 is 2.08. The van der Waals surface area contributed by atoms with Crippen molar-refractivity contribution in [2.24, 2.45) is 16.7 Å². The maximum Gasteiger partial charge on any atom is 0.0705 e. The number of hydrogen-bond acceptors (Lipinski definition) is 2. The van der Waals surface area contributed by atoms with Crippen LogP contribution in [0.3, 0.4) is 0 Å². The molecule has 0 aliphatic heterocycles. The third-order valence-electron chi connectivity index (χ3n) is 7.96. The molecule has 1 aromatic heterocycles. The summed E-state index contributed by atoms with van der Waals surface area (Å²) < 4.78 is 0. The van der Waals surface area contributed by atoms with Gasteiger partial charge in [-0.25, -0.2) is 0 Å². The number of thioether (sulfide) groups is 1. The summed E-state index contributed by atoms with van der Waals surface area (Å²) in [7, 11) is 0. The molecule has 0 radical (unpaired) electrons. The molecule has 0 saturated heterocycles. The second-order valence-electron chi connectivity index (χ2n) is 9.47. The molecule has 2 aliphatic rings. The van der Waals surface area contributed by atoms with Crippen LogP contribution in [0.15, 0.2) is 83.8 Å². The summed E-state index contributed by atoms with van der Waals surface area (Å²) in [6.45, 7) is 7.54. The van der Waals surface area contributed by atoms with Crippen LogP contribution in [0.2, 0.25) is 0 Å². The Balaban J connectivity index is 1.58. The van der Waals surface area contributed by atoms with Gasteiger partial charge in [-0.3, -0.25) is 4.98 Å². The van der Waals surface area contributed by atoms with E-state index in [1.54, 1.807) is 0 Å². The molecule has 2 fully saturated rings. The van der Waals surface area contributed by atoms with Gasteiger partial charge in [0.05, 0.1) is 5.69 Å². The van der Waals surface area contributed by atoms with Crippen LogP contribution in [0.4, 0.5) is 0 Å². The predicted molar refractivity (Wildman–Crippen MR) is 123 cm³/mol. The second-order valence-corrected chi connectivity index (χ2v) is 10.7. The Labute approximate surface area is 179 Å². The molecule has 148 valence electrons. The maximum absolute atomic E-state index is 5.23. The van der Waals surface area contributed by atoms with Gasteiger partial charge in [-0.05, 0) is 53.9 Å². The normalized spacial score (nSPS) is 29.8. The molecule has 2 bridgehead atoms. The van der Waals surface area contributed by atoms with Crippen LogP contribution >= 0.6 is 11.8 Å². The van der Waals surface area contributed by atoms with Gasteiger partial charge in [-0.1, -0.05) is 75.4 Å². The molecule has 0 spiro atoms. The van der Waals surface area contributed by atoms with E-state index in [0.29, 0.717) is 16.6 Å². The molecule has 2 saturated carbocycles. The first-order valence-electron chi connectivity index (χ1n) is 10.7. The van der Waals surface area contributed by atoms with Gasteiger partial charge in [0.25, 0.3) is 0 Å². The number of nitrogens with zero attached hydrogens (tertiary/aromatic N) is 1. The average molecular weight is 400 g/mol. The molecule has 0 unspecified atom stereocenters. The van der Waals surface area contributed by atoms with Crippen molar-refractivity contribution >= 4 is 11.8 Å². The van der Waals surface area contributed by atoms with Crippen LogP contribution in [0, 0.1) is 16.7 Å². The zero-order valence-corrected chi connectivity index (χ0v) is 18.3. The smallest absolute Gasteiger partial charge is 0.0705 e. The summed E-state index contributed by atoms with van der Waals surface area (Å²) in [5.74, 6) is 1.20. The highest BCUT2D eigenvalue weighted by atomic mass is 32.2. The molecule has 4 atom stereocenters. The molecule has 2 aliphatic carbocycles. The van der Waals surface area contributed by atoms with Crippen LogP contribution in [0.5, 0.6) is 0 Å². The van der Waals surface area contributed by atoms with Crippen molar-refractivity contribution in [2.45, 2.75) is 49.7 Å². The van der Waals surface area contributed by atoms with E-state index in [1.165, 1.54) is 29.0 Å². The summed E-state index contributed by atoms with van der Waals surface area (Å²) in [6, 6.07) is 28.2. The van der Waals surface area contributed by atoms with Gasteiger partial charge < -0.3 is 0 Å². The van der Waals surface area contributed by atoms with E-state index in [4.69, 9.17) is 4.98 Å². The molecule has 3 aromatic rings. The summed E-state index contributed by atoms with van der Waals surface area (Å²) in [4.78, 5) is 6.62. The molecule has 2 heteroatoms. The van der Waals surface area contributed by atoms with E-state index in [1.807, 2.05) is 0 Å². The summed E-state index contributed by atoms with van der Waals surface area (Å²) in [6.07, 6.45) is 2.64. The van der Waals surface area contributed by atoms with Gasteiger partial charge in [0.2, 0.25) is 0 Å². The minimum Gasteiger partial charge on any atom is -0.252 e. The van der Waals surface area contributed by atoms with Crippen LogP contribution in [-0.4, -0.2) is 10.2 Å². The van der Waals surface area contributed by atoms with E-state index in [-0.39, 0.29) is 5.41 Å². The molecule has 2 aromatic carbocycles. The molecule has 1 nitrogen and oxygen atoms in total. The zero-order chi connectivity index (χ0) is 20.1. The lowest BCUT2D eigenvalue weighted by atomic mass is 9.66. The average Bonchev–Trinajstić information content (AvgIpc) is 3.07. The van der Waals surface area contributed by atoms with E-state index in [2.05, 4.69) is 111 Å². The van der Waals surface area contributed by atoms with Crippen molar-refractivity contribution in [3.05, 3.63) is 84.6 Å². The number of pyridine rings is 1. The highest BCUT2D eigenvalue weighted by Gasteiger charge is 2.66. The first kappa shape index (κ1) is 18.9. The van der Waals surface area contributed by atoms with E-state index >= 15 is 0 Å². The van der Waals surface area contributed by atoms with Crippen LogP contribution in [0.25, 0.3) is 11.3 Å². The molecule has 29 heavy (non-hydrogen) atoms. The summed E-state index contributed by atoms with van der Waals surface area (Å²) in [5.41, 5.74) is 4.18. The molecule has 0 N–H and O–H groups in total. The SMILES string of the molecule is CC1(C)[C@H]2CC[C@]1(C)[C@H](c1cccc(-c3ccccc3)n1)[C@H]2Sc1ccccc1. The Bertz CT molecular complexity index is 997. The van der Waals surface area contributed by atoms with Crippen molar-refractivity contribution in [1.29, 1.82) is 0 Å². The standard InChI is InChI=1S/C27H29NS/c1-26(2)21-17-18-27(26,3)24(25(21)29-20-13-8-5-9-14-20)23-16-10-15-22(28-23)19-11-6-4-7-12-19/h4-16,21,24-25H,17-18H2,1-3H3/t21-,24+,25-,27+/m0/s1. The van der Waals surface area contributed by atoms with Crippen LogP contribution < -0.4 is 0 Å². The molecule has 5 rings (SSSR count). The fourth-order valence-corrected chi connectivity index (χ4v) is 7.83. The minimum atomic E-state index is 0.284. The van der Waals surface area contributed by atoms with Crippen LogP contribution in [-0.2, 0) is 0 Å². The third-order valence-corrected chi connectivity index (χ3v) is 9.38. The van der Waals surface area contributed by atoms with Gasteiger partial charge in [0, 0.05) is 27.3 Å². The van der Waals surface area contributed by atoms with E-state index < -0.39 is 0 Å². The maximum atomic E-state index is 5.23. The molecular formula is C27H29NS. The highest BCUT2D eigenvalue weighted by Crippen LogP contribution is 2.73. The fraction of sp³-hybridized carbons (Fsp3) is 0.370. The molecular weight excluding hydrogens is 370 g/mol. The second kappa shape index (κ2) is 7.02. The Hall–Kier alpha value is -2.06. The van der Waals surface area contributed by atoms with Crippen molar-refractivity contribution in [1.82, 2.24) is 4.98 Å². The lowest BCUT2D eigenvalue weighted by Crippen LogP contribution is -2.33. The Morgan fingerprint density at radius 3 is 2.24 bits per heavy atom. The van der Waals surface area contributed by atoms with Crippen molar-refractivity contribution in [3.63, 3.8) is 0 Å². The van der Waals surface area contributed by atoms with Gasteiger partial charge in [-0.15, -0.1) is 11.8 Å². The number of benzene rings is 2. The predicted octanol–water partition coefficient (Wildman–Crippen LogP) is 7.45. The third kappa shape index (κ3) is 2.95. The van der Waals surface area contributed by atoms with Gasteiger partial charge >= 0.3 is 0 Å². The largest absolute Gasteiger partial charge is 0.252 e. The fourth-order valence-electron chi connectivity index (χ4n) is 5.98. The summed E-state index contributed by atoms with van der Waals surface area (Å²) in [5, 5.41) is 0.574. The number of rotatable bonds is 4. The van der Waals surface area contributed by atoms with Gasteiger partial charge in [0.1, 0.15) is 0 Å². The monoisotopic (exact) mass is 399 g/mol. The Morgan fingerprint density at radius 1 is 0.828 bits per heavy atom. The van der Waals surface area contributed by atoms with E-state index in [9.17, 15) is 0 Å². The lowest BCUT2D eigenvalue weighted by Gasteiger charge is -2.40. The van der Waals surface area contributed by atoms with Gasteiger partial charge in [0.15, 0.2) is 0 Å². The number of fused-ring (bicyclic) bond motifs is 2. The first-order chi connectivity index (χ1) is 14.0. The highest BCUT2D eigenvalue weighted by molar-refractivity contribution is 8.00. The lowest BCUT2D eigenvalue weighted by molar-refractivity contribution is 0.133. The van der Waals surface area contributed by atoms with Crippen molar-refractivity contribution in [3.8, 4) is 11.3 Å². The molecule has 1 heterocycles. The minimum absolute atomic E-state index is 0.284. The zero-order valence-electron chi connectivity index (χ0n) is 17.5. The topological polar surface area (TPSA) is 12.9 Å². The van der Waals surface area contributed by atoms with Crippen molar-refractivity contribution in [2.75, 3.05) is 0 Å². The quantitative estimate of drug-likeness (QED) is 0.452. The molecule has 0 amide bonds. The van der Waals surface area contributed by atoms with Crippen molar-refractivity contribution < 1.29 is 0 Å². The van der Waals surface area contributed by atoms with E-state index in [0.717, 1.165) is 11.6 Å². The number of aromatic nitrogens is 1. The van der Waals surface area contributed by atoms with Crippen LogP contribution in [0.1, 0.15) is 45.2 Å². The Morgan fingerprint density at radius 2 is 1.52 bits per heavy atom. The number of hydrogen-bond donors (Lipinski definition) is 0.